The van der Waals surface area contributed by atoms with E-state index in [1.165, 1.54) is 0 Å². The number of hydrogen-bond acceptors (Lipinski definition) is 5. The zero-order chi connectivity index (χ0) is 18.1. The van der Waals surface area contributed by atoms with Gasteiger partial charge in [-0.25, -0.2) is 0 Å². The zero-order valence-electron chi connectivity index (χ0n) is 14.9. The lowest BCUT2D eigenvalue weighted by molar-refractivity contribution is -0.0435. The van der Waals surface area contributed by atoms with E-state index in [1.54, 1.807) is 19.4 Å². The summed E-state index contributed by atoms with van der Waals surface area (Å²) in [5.74, 6) is -0.303. The minimum Gasteiger partial charge on any atom is -0.388 e. The highest BCUT2D eigenvalue weighted by atomic mass is 16.5. The van der Waals surface area contributed by atoms with Crippen LogP contribution in [0.25, 0.3) is 0 Å². The number of hydrogen-bond donors (Lipinski definition) is 3. The molecule has 2 aliphatic carbocycles. The topological polar surface area (TPSA) is 97.5 Å². The zero-order valence-corrected chi connectivity index (χ0v) is 14.9. The molecule has 136 valence electrons. The number of nitrogens with zero attached hydrogens (tertiary/aromatic N) is 1. The third-order valence-corrected chi connectivity index (χ3v) is 5.55. The van der Waals surface area contributed by atoms with Crippen LogP contribution in [-0.4, -0.2) is 35.3 Å². The van der Waals surface area contributed by atoms with E-state index in [9.17, 15) is 9.90 Å². The first-order valence-electron chi connectivity index (χ1n) is 8.88. The summed E-state index contributed by atoms with van der Waals surface area (Å²) in [4.78, 5) is 15.6. The van der Waals surface area contributed by atoms with Crippen LogP contribution in [0.2, 0.25) is 0 Å². The van der Waals surface area contributed by atoms with E-state index in [1.807, 2.05) is 12.3 Å². The normalized spacial score (nSPS) is 29.4. The molecule has 0 bridgehead atoms. The number of pyridine rings is 1. The van der Waals surface area contributed by atoms with Gasteiger partial charge in [0.1, 0.15) is 11.3 Å². The number of ether oxygens (including phenoxy) is 1. The number of aliphatic hydroxyl groups is 1. The first-order chi connectivity index (χ1) is 11.9. The standard InChI is InChI=1S/C19H27N3O3/c1-13-4-3-5-15(11-21-12-18(24)7-8-18)19(13,25-2)14-6-9-22-16(10-14)17(20)23/h6,9-11,13,21,24H,3-5,7-8,12H2,1-2H3,(H2,20,23)/b15-11+. The van der Waals surface area contributed by atoms with Gasteiger partial charge in [0.15, 0.2) is 0 Å². The highest BCUT2D eigenvalue weighted by Crippen LogP contribution is 2.47. The summed E-state index contributed by atoms with van der Waals surface area (Å²) in [5.41, 5.74) is 6.49. The summed E-state index contributed by atoms with van der Waals surface area (Å²) in [5, 5.41) is 13.3. The number of rotatable bonds is 6. The highest BCUT2D eigenvalue weighted by molar-refractivity contribution is 5.90. The summed E-state index contributed by atoms with van der Waals surface area (Å²) >= 11 is 0. The number of nitrogens with two attached hydrogens (primary N) is 1. The maximum absolute atomic E-state index is 11.5. The van der Waals surface area contributed by atoms with E-state index in [2.05, 4.69) is 17.2 Å². The van der Waals surface area contributed by atoms with Gasteiger partial charge in [-0.2, -0.15) is 0 Å². The van der Waals surface area contributed by atoms with E-state index in [4.69, 9.17) is 10.5 Å². The number of primary amides is 1. The second kappa shape index (κ2) is 6.77. The fourth-order valence-electron chi connectivity index (χ4n) is 3.89. The van der Waals surface area contributed by atoms with Crippen LogP contribution < -0.4 is 11.1 Å². The monoisotopic (exact) mass is 345 g/mol. The Balaban J connectivity index is 1.96. The SMILES string of the molecule is COC1(c2ccnc(C(N)=O)c2)/C(=C/NCC2(O)CC2)CCCC1C. The molecular formula is C19H27N3O3. The van der Waals surface area contributed by atoms with Gasteiger partial charge < -0.3 is 20.9 Å². The summed E-state index contributed by atoms with van der Waals surface area (Å²) in [6.45, 7) is 2.71. The lowest BCUT2D eigenvalue weighted by Gasteiger charge is -2.44. The van der Waals surface area contributed by atoms with E-state index >= 15 is 0 Å². The van der Waals surface area contributed by atoms with Gasteiger partial charge in [-0.05, 0) is 67.5 Å². The number of carbonyl (C=O) groups is 1. The maximum Gasteiger partial charge on any atom is 0.267 e. The molecule has 2 atom stereocenters. The molecule has 0 saturated heterocycles. The minimum atomic E-state index is -0.620. The van der Waals surface area contributed by atoms with Gasteiger partial charge in [0, 0.05) is 19.9 Å². The van der Waals surface area contributed by atoms with Crippen LogP contribution in [0.15, 0.2) is 30.1 Å². The Morgan fingerprint density at radius 2 is 2.32 bits per heavy atom. The van der Waals surface area contributed by atoms with Crippen LogP contribution in [0.1, 0.15) is 55.1 Å². The van der Waals surface area contributed by atoms with Gasteiger partial charge in [0.05, 0.1) is 5.60 Å². The third kappa shape index (κ3) is 3.41. The molecule has 0 aromatic carbocycles. The summed E-state index contributed by atoms with van der Waals surface area (Å²) in [6, 6.07) is 3.62. The number of methoxy groups -OCH3 is 1. The van der Waals surface area contributed by atoms with Gasteiger partial charge in [-0.15, -0.1) is 0 Å². The van der Waals surface area contributed by atoms with E-state index < -0.39 is 17.1 Å². The first-order valence-corrected chi connectivity index (χ1v) is 8.88. The Labute approximate surface area is 148 Å². The molecule has 0 aliphatic heterocycles. The largest absolute Gasteiger partial charge is 0.388 e. The van der Waals surface area contributed by atoms with Crippen LogP contribution in [0.4, 0.5) is 0 Å². The van der Waals surface area contributed by atoms with Crippen molar-refractivity contribution in [2.75, 3.05) is 13.7 Å². The number of aromatic nitrogens is 1. The van der Waals surface area contributed by atoms with Crippen LogP contribution in [0.3, 0.4) is 0 Å². The second-order valence-electron chi connectivity index (χ2n) is 7.30. The Morgan fingerprint density at radius 1 is 1.56 bits per heavy atom. The van der Waals surface area contributed by atoms with Crippen molar-refractivity contribution < 1.29 is 14.6 Å². The van der Waals surface area contributed by atoms with Crippen molar-refractivity contribution in [3.63, 3.8) is 0 Å². The second-order valence-corrected chi connectivity index (χ2v) is 7.30. The van der Waals surface area contributed by atoms with Crippen molar-refractivity contribution in [2.45, 2.75) is 50.2 Å². The van der Waals surface area contributed by atoms with Crippen LogP contribution in [-0.2, 0) is 10.3 Å². The fraction of sp³-hybridized carbons (Fsp3) is 0.579. The molecule has 2 unspecified atom stereocenters. The Morgan fingerprint density at radius 3 is 2.96 bits per heavy atom. The Bertz CT molecular complexity index is 684. The van der Waals surface area contributed by atoms with Crippen molar-refractivity contribution in [1.29, 1.82) is 0 Å². The van der Waals surface area contributed by atoms with Crippen LogP contribution in [0.5, 0.6) is 0 Å². The lowest BCUT2D eigenvalue weighted by atomic mass is 9.69. The predicted molar refractivity (Wildman–Crippen MR) is 94.7 cm³/mol. The molecule has 2 fully saturated rings. The summed E-state index contributed by atoms with van der Waals surface area (Å²) in [7, 11) is 1.70. The van der Waals surface area contributed by atoms with Crippen LogP contribution in [0, 0.1) is 5.92 Å². The van der Waals surface area contributed by atoms with Gasteiger partial charge in [-0.1, -0.05) is 6.92 Å². The molecule has 3 rings (SSSR count). The average Bonchev–Trinajstić information content (AvgIpc) is 3.33. The lowest BCUT2D eigenvalue weighted by Crippen LogP contribution is -2.42. The predicted octanol–water partition coefficient (Wildman–Crippen LogP) is 1.84. The molecule has 6 heteroatoms. The fourth-order valence-corrected chi connectivity index (χ4v) is 3.89. The number of amides is 1. The molecule has 4 N–H and O–H groups in total. The van der Waals surface area contributed by atoms with Gasteiger partial charge in [0.2, 0.25) is 0 Å². The molecule has 1 amide bonds. The van der Waals surface area contributed by atoms with Crippen molar-refractivity contribution in [3.8, 4) is 0 Å². The van der Waals surface area contributed by atoms with Gasteiger partial charge in [0.25, 0.3) is 5.91 Å². The molecule has 2 aliphatic rings. The van der Waals surface area contributed by atoms with E-state index in [0.717, 1.165) is 43.2 Å². The van der Waals surface area contributed by atoms with Gasteiger partial charge >= 0.3 is 0 Å². The number of nitrogens with one attached hydrogen (secondary N) is 1. The molecular weight excluding hydrogens is 318 g/mol. The third-order valence-electron chi connectivity index (χ3n) is 5.55. The van der Waals surface area contributed by atoms with Gasteiger partial charge in [-0.3, -0.25) is 9.78 Å². The van der Waals surface area contributed by atoms with E-state index in [-0.39, 0.29) is 11.6 Å². The molecule has 1 aromatic rings. The maximum atomic E-state index is 11.5. The van der Waals surface area contributed by atoms with Crippen molar-refractivity contribution in [1.82, 2.24) is 10.3 Å². The Kier molecular flexibility index (Phi) is 4.84. The first kappa shape index (κ1) is 17.9. The molecule has 2 saturated carbocycles. The summed E-state index contributed by atoms with van der Waals surface area (Å²) < 4.78 is 6.07. The molecule has 1 heterocycles. The Hall–Kier alpha value is -1.92. The van der Waals surface area contributed by atoms with Crippen LogP contribution >= 0.6 is 0 Å². The summed E-state index contributed by atoms with van der Waals surface area (Å²) in [6.07, 6.45) is 8.30. The van der Waals surface area contributed by atoms with E-state index in [0.29, 0.717) is 6.54 Å². The van der Waals surface area contributed by atoms with Crippen molar-refractivity contribution in [3.05, 3.63) is 41.4 Å². The molecule has 25 heavy (non-hydrogen) atoms. The highest BCUT2D eigenvalue weighted by Gasteiger charge is 2.45. The van der Waals surface area contributed by atoms with Crippen molar-refractivity contribution in [2.24, 2.45) is 11.7 Å². The average molecular weight is 345 g/mol. The minimum absolute atomic E-state index is 0.242. The smallest absolute Gasteiger partial charge is 0.267 e. The molecule has 6 nitrogen and oxygen atoms in total. The molecule has 0 spiro atoms. The van der Waals surface area contributed by atoms with Crippen molar-refractivity contribution >= 4 is 5.91 Å². The number of carbonyl (C=O) groups excluding carboxylic acids is 1. The molecule has 1 aromatic heterocycles. The molecule has 0 radical (unpaired) electrons. The quantitative estimate of drug-likeness (QED) is 0.731.